The minimum atomic E-state index is -0.493. The molecule has 6 nitrogen and oxygen atoms in total. The molecule has 2 aliphatic heterocycles. The van der Waals surface area contributed by atoms with Crippen LogP contribution < -0.4 is 14.8 Å². The van der Waals surface area contributed by atoms with Crippen LogP contribution >= 0.6 is 11.6 Å². The molecule has 1 N–H and O–H groups in total. The fraction of sp³-hybridized carbons (Fsp3) is 0.364. The van der Waals surface area contributed by atoms with E-state index >= 15 is 0 Å². The van der Waals surface area contributed by atoms with Crippen molar-refractivity contribution in [3.05, 3.63) is 58.6 Å². The summed E-state index contributed by atoms with van der Waals surface area (Å²) in [4.78, 5) is 27.3. The zero-order chi connectivity index (χ0) is 20.4. The second-order valence-electron chi connectivity index (χ2n) is 7.73. The predicted octanol–water partition coefficient (Wildman–Crippen LogP) is 3.63. The lowest BCUT2D eigenvalue weighted by atomic mass is 9.79. The number of nitrogens with zero attached hydrogens (tertiary/aromatic N) is 1. The molecule has 0 saturated carbocycles. The molecule has 0 spiro atoms. The summed E-state index contributed by atoms with van der Waals surface area (Å²) in [6.45, 7) is 3.73. The van der Waals surface area contributed by atoms with Crippen LogP contribution in [0.25, 0.3) is 0 Å². The van der Waals surface area contributed by atoms with Gasteiger partial charge in [0.2, 0.25) is 12.7 Å². The Hall–Kier alpha value is -2.73. The van der Waals surface area contributed by atoms with Crippen LogP contribution in [0.3, 0.4) is 0 Å². The molecule has 0 aliphatic carbocycles. The first-order valence-corrected chi connectivity index (χ1v) is 10.0. The van der Waals surface area contributed by atoms with Gasteiger partial charge in [-0.05, 0) is 54.8 Å². The van der Waals surface area contributed by atoms with E-state index in [0.717, 1.165) is 11.3 Å². The van der Waals surface area contributed by atoms with Crippen molar-refractivity contribution in [2.45, 2.75) is 26.3 Å². The van der Waals surface area contributed by atoms with E-state index in [2.05, 4.69) is 5.32 Å². The molecule has 0 bridgehead atoms. The van der Waals surface area contributed by atoms with Crippen LogP contribution in [-0.4, -0.2) is 36.6 Å². The van der Waals surface area contributed by atoms with Crippen LogP contribution in [0.5, 0.6) is 11.5 Å². The molecule has 0 unspecified atom stereocenters. The van der Waals surface area contributed by atoms with Gasteiger partial charge in [-0.15, -0.1) is 0 Å². The Balaban J connectivity index is 1.32. The number of carbonyl (C=O) groups is 2. The molecule has 0 atom stereocenters. The Morgan fingerprint density at radius 3 is 2.48 bits per heavy atom. The highest BCUT2D eigenvalue weighted by Crippen LogP contribution is 2.34. The number of piperidine rings is 1. The van der Waals surface area contributed by atoms with Crippen molar-refractivity contribution < 1.29 is 19.1 Å². The Morgan fingerprint density at radius 2 is 1.76 bits per heavy atom. The number of hydrogen-bond acceptors (Lipinski definition) is 4. The number of nitrogens with one attached hydrogen (secondary N) is 1. The number of halogens is 1. The van der Waals surface area contributed by atoms with E-state index in [-0.39, 0.29) is 18.6 Å². The molecule has 2 aromatic rings. The standard InChI is InChI=1S/C22H23ClN2O4/c1-22(21(27)24-13-15-2-7-18-19(12-15)29-14-28-18)8-10-25(11-9-22)20(26)16-3-5-17(23)6-4-16/h2-7,12H,8-11,13-14H2,1H3,(H,24,27). The Bertz CT molecular complexity index is 921. The molecule has 1 saturated heterocycles. The summed E-state index contributed by atoms with van der Waals surface area (Å²) >= 11 is 5.89. The number of carbonyl (C=O) groups excluding carboxylic acids is 2. The maximum absolute atomic E-state index is 12.8. The number of ether oxygens (including phenoxy) is 2. The van der Waals surface area contributed by atoms with Crippen LogP contribution in [0.15, 0.2) is 42.5 Å². The molecule has 2 heterocycles. The van der Waals surface area contributed by atoms with Gasteiger partial charge in [0.1, 0.15) is 0 Å². The van der Waals surface area contributed by atoms with Crippen LogP contribution in [-0.2, 0) is 11.3 Å². The molecule has 152 valence electrons. The van der Waals surface area contributed by atoms with Gasteiger partial charge in [0.05, 0.1) is 0 Å². The third kappa shape index (κ3) is 4.17. The Morgan fingerprint density at radius 1 is 1.07 bits per heavy atom. The quantitative estimate of drug-likeness (QED) is 0.829. The second-order valence-corrected chi connectivity index (χ2v) is 8.17. The van der Waals surface area contributed by atoms with Crippen LogP contribution in [0.1, 0.15) is 35.7 Å². The van der Waals surface area contributed by atoms with E-state index in [4.69, 9.17) is 21.1 Å². The summed E-state index contributed by atoms with van der Waals surface area (Å²) in [7, 11) is 0. The normalized spacial score (nSPS) is 17.1. The zero-order valence-corrected chi connectivity index (χ0v) is 17.0. The van der Waals surface area contributed by atoms with Gasteiger partial charge in [0.25, 0.3) is 5.91 Å². The van der Waals surface area contributed by atoms with E-state index < -0.39 is 5.41 Å². The van der Waals surface area contributed by atoms with Gasteiger partial charge in [0.15, 0.2) is 11.5 Å². The maximum Gasteiger partial charge on any atom is 0.253 e. The van der Waals surface area contributed by atoms with Crippen molar-refractivity contribution in [2.75, 3.05) is 19.9 Å². The summed E-state index contributed by atoms with van der Waals surface area (Å²) < 4.78 is 10.7. The average Bonchev–Trinajstić information content (AvgIpc) is 3.20. The van der Waals surface area contributed by atoms with Crippen molar-refractivity contribution in [2.24, 2.45) is 5.41 Å². The van der Waals surface area contributed by atoms with Gasteiger partial charge in [0, 0.05) is 35.6 Å². The topological polar surface area (TPSA) is 67.9 Å². The maximum atomic E-state index is 12.8. The summed E-state index contributed by atoms with van der Waals surface area (Å²) in [6.07, 6.45) is 1.25. The molecule has 4 rings (SSSR count). The lowest BCUT2D eigenvalue weighted by Crippen LogP contribution is -2.48. The third-order valence-corrected chi connectivity index (χ3v) is 5.94. The first-order chi connectivity index (χ1) is 13.9. The summed E-state index contributed by atoms with van der Waals surface area (Å²) in [5, 5.41) is 3.63. The van der Waals surface area contributed by atoms with Crippen molar-refractivity contribution in [3.8, 4) is 11.5 Å². The van der Waals surface area contributed by atoms with E-state index in [0.29, 0.717) is 48.8 Å². The molecular weight excluding hydrogens is 392 g/mol. The molecule has 29 heavy (non-hydrogen) atoms. The molecule has 0 radical (unpaired) electrons. The van der Waals surface area contributed by atoms with Gasteiger partial charge in [-0.3, -0.25) is 9.59 Å². The van der Waals surface area contributed by atoms with E-state index in [1.165, 1.54) is 0 Å². The lowest BCUT2D eigenvalue weighted by Gasteiger charge is -2.38. The van der Waals surface area contributed by atoms with Crippen LogP contribution in [0.4, 0.5) is 0 Å². The van der Waals surface area contributed by atoms with E-state index in [1.807, 2.05) is 25.1 Å². The minimum absolute atomic E-state index is 0.00811. The fourth-order valence-electron chi connectivity index (χ4n) is 3.65. The highest BCUT2D eigenvalue weighted by molar-refractivity contribution is 6.30. The Labute approximate surface area is 174 Å². The minimum Gasteiger partial charge on any atom is -0.454 e. The number of likely N-dealkylation sites (tertiary alicyclic amines) is 1. The number of benzene rings is 2. The number of rotatable bonds is 4. The van der Waals surface area contributed by atoms with Crippen LogP contribution in [0.2, 0.25) is 5.02 Å². The zero-order valence-electron chi connectivity index (χ0n) is 16.2. The van der Waals surface area contributed by atoms with Crippen molar-refractivity contribution in [3.63, 3.8) is 0 Å². The first-order valence-electron chi connectivity index (χ1n) is 9.66. The Kier molecular flexibility index (Phi) is 5.37. The van der Waals surface area contributed by atoms with Crippen molar-refractivity contribution in [1.82, 2.24) is 10.2 Å². The molecule has 2 aromatic carbocycles. The van der Waals surface area contributed by atoms with Crippen molar-refractivity contribution >= 4 is 23.4 Å². The number of amides is 2. The lowest BCUT2D eigenvalue weighted by molar-refractivity contribution is -0.132. The largest absolute Gasteiger partial charge is 0.454 e. The predicted molar refractivity (Wildman–Crippen MR) is 109 cm³/mol. The fourth-order valence-corrected chi connectivity index (χ4v) is 3.78. The molecule has 2 aliphatic rings. The van der Waals surface area contributed by atoms with Crippen molar-refractivity contribution in [1.29, 1.82) is 0 Å². The molecular formula is C22H23ClN2O4. The number of hydrogen-bond donors (Lipinski definition) is 1. The smallest absolute Gasteiger partial charge is 0.253 e. The second kappa shape index (κ2) is 7.95. The van der Waals surface area contributed by atoms with Gasteiger partial charge in [-0.2, -0.15) is 0 Å². The summed E-state index contributed by atoms with van der Waals surface area (Å²) in [6, 6.07) is 12.6. The van der Waals surface area contributed by atoms with E-state index in [9.17, 15) is 9.59 Å². The summed E-state index contributed by atoms with van der Waals surface area (Å²) in [5.74, 6) is 1.42. The first kappa shape index (κ1) is 19.6. The van der Waals surface area contributed by atoms with Gasteiger partial charge >= 0.3 is 0 Å². The van der Waals surface area contributed by atoms with Gasteiger partial charge in [-0.25, -0.2) is 0 Å². The molecule has 2 amide bonds. The van der Waals surface area contributed by atoms with E-state index in [1.54, 1.807) is 29.2 Å². The van der Waals surface area contributed by atoms with Crippen LogP contribution in [0, 0.1) is 5.41 Å². The average molecular weight is 415 g/mol. The third-order valence-electron chi connectivity index (χ3n) is 5.68. The number of fused-ring (bicyclic) bond motifs is 1. The highest BCUT2D eigenvalue weighted by Gasteiger charge is 2.38. The summed E-state index contributed by atoms with van der Waals surface area (Å²) in [5.41, 5.74) is 1.08. The monoisotopic (exact) mass is 414 g/mol. The molecule has 0 aromatic heterocycles. The van der Waals surface area contributed by atoms with Gasteiger partial charge in [-0.1, -0.05) is 24.6 Å². The van der Waals surface area contributed by atoms with Gasteiger partial charge < -0.3 is 19.7 Å². The molecule has 1 fully saturated rings. The SMILES string of the molecule is CC1(C(=O)NCc2ccc3c(c2)OCO3)CCN(C(=O)c2ccc(Cl)cc2)CC1. The molecule has 7 heteroatoms. The highest BCUT2D eigenvalue weighted by atomic mass is 35.5.